The number of rotatable bonds is 6. The highest BCUT2D eigenvalue weighted by atomic mass is 32.1. The summed E-state index contributed by atoms with van der Waals surface area (Å²) < 4.78 is 10.7. The van der Waals surface area contributed by atoms with Crippen molar-refractivity contribution in [2.24, 2.45) is 5.92 Å². The average Bonchev–Trinajstić information content (AvgIpc) is 2.98. The molecule has 114 valence electrons. The Morgan fingerprint density at radius 3 is 2.29 bits per heavy atom. The molecule has 1 aromatic carbocycles. The van der Waals surface area contributed by atoms with E-state index in [-0.39, 0.29) is 0 Å². The maximum Gasteiger partial charge on any atom is 0.162 e. The highest BCUT2D eigenvalue weighted by Gasteiger charge is 2.18. The minimum atomic E-state index is 0.293. The van der Waals surface area contributed by atoms with Crippen molar-refractivity contribution in [3.8, 4) is 11.5 Å². The molecule has 2 rings (SSSR count). The summed E-state index contributed by atoms with van der Waals surface area (Å²) in [5.41, 5.74) is 2.23. The van der Waals surface area contributed by atoms with E-state index in [0.717, 1.165) is 22.7 Å². The molecule has 0 aliphatic rings. The molecule has 1 N–H and O–H groups in total. The number of thiophene rings is 1. The lowest BCUT2D eigenvalue weighted by molar-refractivity contribution is 0.355. The summed E-state index contributed by atoms with van der Waals surface area (Å²) in [7, 11) is 3.32. The summed E-state index contributed by atoms with van der Waals surface area (Å²) in [6, 6.07) is 8.59. The lowest BCUT2D eigenvalue weighted by Crippen LogP contribution is -2.16. The number of hydrogen-bond acceptors (Lipinski definition) is 4. The summed E-state index contributed by atoms with van der Waals surface area (Å²) in [6.45, 7) is 6.54. The molecule has 2 aromatic rings. The van der Waals surface area contributed by atoms with Gasteiger partial charge in [0.2, 0.25) is 0 Å². The molecule has 0 aliphatic heterocycles. The standard InChI is InChI=1S/C17H23NO2S/c1-11(2)17(16-7-6-8-21-16)18-13-10-15(20-5)14(19-4)9-12(13)3/h6-11,17-18H,1-5H3. The molecule has 0 saturated carbocycles. The first-order valence-electron chi connectivity index (χ1n) is 7.09. The van der Waals surface area contributed by atoms with E-state index in [1.807, 2.05) is 12.1 Å². The van der Waals surface area contributed by atoms with E-state index in [1.165, 1.54) is 4.88 Å². The molecule has 0 saturated heterocycles. The van der Waals surface area contributed by atoms with Gasteiger partial charge in [-0.3, -0.25) is 0 Å². The van der Waals surface area contributed by atoms with Gasteiger partial charge in [0.05, 0.1) is 20.3 Å². The van der Waals surface area contributed by atoms with Crippen molar-refractivity contribution in [2.75, 3.05) is 19.5 Å². The second-order valence-electron chi connectivity index (χ2n) is 5.40. The maximum atomic E-state index is 5.40. The van der Waals surface area contributed by atoms with E-state index in [1.54, 1.807) is 25.6 Å². The summed E-state index contributed by atoms with van der Waals surface area (Å²) in [6.07, 6.45) is 0. The highest BCUT2D eigenvalue weighted by Crippen LogP contribution is 2.36. The Morgan fingerprint density at radius 2 is 1.76 bits per heavy atom. The van der Waals surface area contributed by atoms with Crippen LogP contribution in [0.5, 0.6) is 11.5 Å². The molecule has 4 heteroatoms. The van der Waals surface area contributed by atoms with Crippen LogP contribution in [-0.4, -0.2) is 14.2 Å². The van der Waals surface area contributed by atoms with Gasteiger partial charge in [-0.15, -0.1) is 11.3 Å². The molecular formula is C17H23NO2S. The molecule has 3 nitrogen and oxygen atoms in total. The number of methoxy groups -OCH3 is 2. The zero-order chi connectivity index (χ0) is 15.4. The number of benzene rings is 1. The first-order valence-corrected chi connectivity index (χ1v) is 7.97. The molecule has 1 unspecified atom stereocenters. The predicted molar refractivity (Wildman–Crippen MR) is 89.8 cm³/mol. The fourth-order valence-electron chi connectivity index (χ4n) is 2.34. The molecule has 21 heavy (non-hydrogen) atoms. The van der Waals surface area contributed by atoms with Crippen molar-refractivity contribution < 1.29 is 9.47 Å². The minimum Gasteiger partial charge on any atom is -0.493 e. The number of aryl methyl sites for hydroxylation is 1. The summed E-state index contributed by atoms with van der Waals surface area (Å²) in [5.74, 6) is 2.01. The zero-order valence-electron chi connectivity index (χ0n) is 13.3. The lowest BCUT2D eigenvalue weighted by atomic mass is 10.0. The van der Waals surface area contributed by atoms with Gasteiger partial charge >= 0.3 is 0 Å². The van der Waals surface area contributed by atoms with Crippen LogP contribution >= 0.6 is 11.3 Å². The molecule has 0 spiro atoms. The van der Waals surface area contributed by atoms with Gasteiger partial charge in [-0.2, -0.15) is 0 Å². The minimum absolute atomic E-state index is 0.293. The Balaban J connectivity index is 2.33. The van der Waals surface area contributed by atoms with Gasteiger partial charge in [0, 0.05) is 16.6 Å². The fourth-order valence-corrected chi connectivity index (χ4v) is 3.29. The van der Waals surface area contributed by atoms with Gasteiger partial charge in [0.15, 0.2) is 11.5 Å². The smallest absolute Gasteiger partial charge is 0.162 e. The molecule has 0 aliphatic carbocycles. The van der Waals surface area contributed by atoms with Crippen LogP contribution in [-0.2, 0) is 0 Å². The Kier molecular flexibility index (Phi) is 5.12. The second kappa shape index (κ2) is 6.85. The van der Waals surface area contributed by atoms with Gasteiger partial charge in [-0.25, -0.2) is 0 Å². The number of ether oxygens (including phenoxy) is 2. The van der Waals surface area contributed by atoms with Crippen LogP contribution in [0.2, 0.25) is 0 Å². The molecule has 0 radical (unpaired) electrons. The summed E-state index contributed by atoms with van der Waals surface area (Å²) >= 11 is 1.78. The van der Waals surface area contributed by atoms with E-state index >= 15 is 0 Å². The SMILES string of the molecule is COc1cc(C)c(NC(c2cccs2)C(C)C)cc1OC. The molecule has 1 heterocycles. The van der Waals surface area contributed by atoms with Gasteiger partial charge < -0.3 is 14.8 Å². The van der Waals surface area contributed by atoms with E-state index < -0.39 is 0 Å². The topological polar surface area (TPSA) is 30.5 Å². The molecule has 0 amide bonds. The van der Waals surface area contributed by atoms with Gasteiger partial charge in [0.1, 0.15) is 0 Å². The predicted octanol–water partition coefficient (Wildman–Crippen LogP) is 4.88. The second-order valence-corrected chi connectivity index (χ2v) is 6.38. The van der Waals surface area contributed by atoms with Crippen molar-refractivity contribution in [1.82, 2.24) is 0 Å². The monoisotopic (exact) mass is 305 g/mol. The third-order valence-electron chi connectivity index (χ3n) is 3.56. The summed E-state index contributed by atoms with van der Waals surface area (Å²) in [5, 5.41) is 5.77. The van der Waals surface area contributed by atoms with Crippen molar-refractivity contribution in [2.45, 2.75) is 26.8 Å². The van der Waals surface area contributed by atoms with Crippen molar-refractivity contribution in [3.05, 3.63) is 40.1 Å². The third-order valence-corrected chi connectivity index (χ3v) is 4.51. The van der Waals surface area contributed by atoms with Crippen molar-refractivity contribution in [3.63, 3.8) is 0 Å². The molecule has 0 fully saturated rings. The van der Waals surface area contributed by atoms with Crippen LogP contribution in [0.4, 0.5) is 5.69 Å². The Bertz CT molecular complexity index is 579. The fraction of sp³-hybridized carbons (Fsp3) is 0.412. The van der Waals surface area contributed by atoms with Crippen molar-refractivity contribution in [1.29, 1.82) is 0 Å². The summed E-state index contributed by atoms with van der Waals surface area (Å²) in [4.78, 5) is 1.35. The Hall–Kier alpha value is -1.68. The van der Waals surface area contributed by atoms with E-state index in [9.17, 15) is 0 Å². The first kappa shape index (κ1) is 15.7. The lowest BCUT2D eigenvalue weighted by Gasteiger charge is -2.24. The Labute approximate surface area is 130 Å². The number of hydrogen-bond donors (Lipinski definition) is 1. The zero-order valence-corrected chi connectivity index (χ0v) is 14.1. The van der Waals surface area contributed by atoms with Gasteiger partial charge in [-0.05, 0) is 35.9 Å². The van der Waals surface area contributed by atoms with Gasteiger partial charge in [0.25, 0.3) is 0 Å². The molecule has 0 bridgehead atoms. The maximum absolute atomic E-state index is 5.40. The number of anilines is 1. The molecule has 1 aromatic heterocycles. The van der Waals surface area contributed by atoms with Crippen LogP contribution in [0.15, 0.2) is 29.6 Å². The molecular weight excluding hydrogens is 282 g/mol. The van der Waals surface area contributed by atoms with Crippen LogP contribution < -0.4 is 14.8 Å². The number of nitrogens with one attached hydrogen (secondary N) is 1. The normalized spacial score (nSPS) is 12.3. The van der Waals surface area contributed by atoms with E-state index in [0.29, 0.717) is 12.0 Å². The quantitative estimate of drug-likeness (QED) is 0.825. The van der Waals surface area contributed by atoms with E-state index in [4.69, 9.17) is 9.47 Å². The average molecular weight is 305 g/mol. The Morgan fingerprint density at radius 1 is 1.10 bits per heavy atom. The van der Waals surface area contributed by atoms with Crippen LogP contribution in [0.1, 0.15) is 30.3 Å². The largest absolute Gasteiger partial charge is 0.493 e. The van der Waals surface area contributed by atoms with Crippen LogP contribution in [0, 0.1) is 12.8 Å². The highest BCUT2D eigenvalue weighted by molar-refractivity contribution is 7.10. The first-order chi connectivity index (χ1) is 10.1. The van der Waals surface area contributed by atoms with Crippen molar-refractivity contribution >= 4 is 17.0 Å². The molecule has 1 atom stereocenters. The van der Waals surface area contributed by atoms with Crippen LogP contribution in [0.3, 0.4) is 0 Å². The van der Waals surface area contributed by atoms with E-state index in [2.05, 4.69) is 43.6 Å². The van der Waals surface area contributed by atoms with Gasteiger partial charge in [-0.1, -0.05) is 19.9 Å². The van der Waals surface area contributed by atoms with Crippen LogP contribution in [0.25, 0.3) is 0 Å². The third kappa shape index (κ3) is 3.50.